The molecule has 1 aromatic carbocycles. The van der Waals surface area contributed by atoms with E-state index >= 15 is 0 Å². The Hall–Kier alpha value is -1.37. The molecule has 298 valence electrons. The van der Waals surface area contributed by atoms with Crippen LogP contribution in [0.5, 0.6) is 0 Å². The molecule has 0 aromatic heterocycles. The van der Waals surface area contributed by atoms with Crippen molar-refractivity contribution < 1.29 is 50.1 Å². The number of aryl methyl sites for hydroxylation is 1. The summed E-state index contributed by atoms with van der Waals surface area (Å²) in [4.78, 5) is 21.7. The quantitative estimate of drug-likeness (QED) is 0.0305. The van der Waals surface area contributed by atoms with Crippen molar-refractivity contribution in [3.63, 3.8) is 0 Å². The number of phosphoric ester groups is 1. The number of hydrogen-bond acceptors (Lipinski definition) is 10. The van der Waals surface area contributed by atoms with Crippen LogP contribution in [0.3, 0.4) is 0 Å². The van der Waals surface area contributed by atoms with E-state index in [-0.39, 0.29) is 30.5 Å². The number of methoxy groups -OCH3 is 1. The fraction of sp³-hybridized carbons (Fsp3) is 0.816. The molecule has 1 rings (SSSR count). The zero-order valence-electron chi connectivity index (χ0n) is 32.0. The van der Waals surface area contributed by atoms with Gasteiger partial charge in [-0.05, 0) is 50.7 Å². The van der Waals surface area contributed by atoms with E-state index in [1.807, 2.05) is 6.92 Å². The summed E-state index contributed by atoms with van der Waals surface area (Å²) in [5.41, 5.74) is 0.899. The molecule has 0 spiro atoms. The van der Waals surface area contributed by atoms with Gasteiger partial charge in [0.2, 0.25) is 0 Å². The lowest BCUT2D eigenvalue weighted by molar-refractivity contribution is -0.140. The van der Waals surface area contributed by atoms with Crippen molar-refractivity contribution >= 4 is 23.9 Å². The minimum atomic E-state index is -4.55. The first-order valence-corrected chi connectivity index (χ1v) is 22.3. The molecule has 0 saturated heterocycles. The highest BCUT2D eigenvalue weighted by Gasteiger charge is 2.25. The average molecular weight is 765 g/mol. The first kappa shape index (κ1) is 47.7. The van der Waals surface area contributed by atoms with Crippen LogP contribution in [0.25, 0.3) is 0 Å². The number of carbonyl (C=O) groups is 1. The fourth-order valence-corrected chi connectivity index (χ4v) is 7.24. The standard InChI is InChI=1S/C38H69O11PS/c1-5-7-9-11-13-14-16-18-22-35(21-17-15-12-10-8-6-2)31-45-32-36(46-28-20-19-23-38(39)44-4)33-48-50(40,41)47-29-30-49-51(42,43)37-26-24-34(3)25-27-37/h24-27,35-36H,5-23,28-33H2,1-4H3,(H,40,41). The van der Waals surface area contributed by atoms with Crippen molar-refractivity contribution in [2.24, 2.45) is 5.92 Å². The lowest BCUT2D eigenvalue weighted by Gasteiger charge is -2.22. The molecule has 0 fully saturated rings. The van der Waals surface area contributed by atoms with Crippen LogP contribution in [-0.2, 0) is 46.9 Å². The van der Waals surface area contributed by atoms with Crippen molar-refractivity contribution in [3.8, 4) is 0 Å². The normalized spacial score (nSPS) is 14.3. The molecule has 1 aromatic rings. The Balaban J connectivity index is 2.64. The molecular formula is C38H69O11PS. The van der Waals surface area contributed by atoms with Crippen molar-refractivity contribution in [1.82, 2.24) is 0 Å². The van der Waals surface area contributed by atoms with Crippen molar-refractivity contribution in [2.45, 2.75) is 154 Å². The van der Waals surface area contributed by atoms with Crippen LogP contribution in [0.4, 0.5) is 0 Å². The number of benzene rings is 1. The number of rotatable bonds is 35. The highest BCUT2D eigenvalue weighted by atomic mass is 32.2. The van der Waals surface area contributed by atoms with E-state index in [0.29, 0.717) is 32.0 Å². The predicted molar refractivity (Wildman–Crippen MR) is 201 cm³/mol. The second-order valence-corrected chi connectivity index (χ2v) is 16.5. The Morgan fingerprint density at radius 2 is 1.29 bits per heavy atom. The van der Waals surface area contributed by atoms with Gasteiger partial charge in [-0.15, -0.1) is 0 Å². The maximum absolute atomic E-state index is 12.6. The van der Waals surface area contributed by atoms with Gasteiger partial charge < -0.3 is 19.1 Å². The van der Waals surface area contributed by atoms with E-state index in [4.69, 9.17) is 27.4 Å². The molecule has 0 aliphatic carbocycles. The number of unbranched alkanes of at least 4 members (excludes halogenated alkanes) is 13. The Labute approximate surface area is 309 Å². The minimum absolute atomic E-state index is 0.0184. The predicted octanol–water partition coefficient (Wildman–Crippen LogP) is 9.48. The highest BCUT2D eigenvalue weighted by molar-refractivity contribution is 7.86. The van der Waals surface area contributed by atoms with Gasteiger partial charge in [-0.25, -0.2) is 4.57 Å². The van der Waals surface area contributed by atoms with E-state index in [1.165, 1.54) is 109 Å². The number of esters is 1. The van der Waals surface area contributed by atoms with Crippen LogP contribution in [0.1, 0.15) is 141 Å². The summed E-state index contributed by atoms with van der Waals surface area (Å²) in [6.45, 7) is 6.13. The number of carbonyl (C=O) groups excluding carboxylic acids is 1. The Kier molecular flexibility index (Phi) is 28.0. The van der Waals surface area contributed by atoms with Crippen molar-refractivity contribution in [1.29, 1.82) is 0 Å². The summed E-state index contributed by atoms with van der Waals surface area (Å²) >= 11 is 0. The van der Waals surface area contributed by atoms with Crippen LogP contribution < -0.4 is 0 Å². The summed E-state index contributed by atoms with van der Waals surface area (Å²) in [6, 6.07) is 6.15. The number of ether oxygens (including phenoxy) is 3. The zero-order valence-corrected chi connectivity index (χ0v) is 33.7. The molecular weight excluding hydrogens is 695 g/mol. The molecule has 0 heterocycles. The molecule has 11 nitrogen and oxygen atoms in total. The fourth-order valence-electron chi connectivity index (χ4n) is 5.61. The monoisotopic (exact) mass is 764 g/mol. The number of phosphoric acid groups is 1. The van der Waals surface area contributed by atoms with Gasteiger partial charge in [-0.3, -0.25) is 18.0 Å². The third kappa shape index (κ3) is 26.1. The largest absolute Gasteiger partial charge is 0.472 e. The van der Waals surface area contributed by atoms with Gasteiger partial charge in [0.15, 0.2) is 0 Å². The zero-order chi connectivity index (χ0) is 37.6. The first-order chi connectivity index (χ1) is 24.5. The van der Waals surface area contributed by atoms with Gasteiger partial charge in [0.1, 0.15) is 6.10 Å². The molecule has 0 radical (unpaired) electrons. The molecule has 3 unspecified atom stereocenters. The van der Waals surface area contributed by atoms with Gasteiger partial charge in [0, 0.05) is 19.6 Å². The van der Waals surface area contributed by atoms with Gasteiger partial charge in [0.25, 0.3) is 10.1 Å². The average Bonchev–Trinajstić information content (AvgIpc) is 3.11. The Morgan fingerprint density at radius 3 is 1.86 bits per heavy atom. The second-order valence-electron chi connectivity index (χ2n) is 13.4. The van der Waals surface area contributed by atoms with Gasteiger partial charge in [-0.1, -0.05) is 121 Å². The summed E-state index contributed by atoms with van der Waals surface area (Å²) in [6.07, 6.45) is 20.7. The van der Waals surface area contributed by atoms with E-state index in [2.05, 4.69) is 13.8 Å². The maximum atomic E-state index is 12.6. The molecule has 0 aliphatic rings. The summed E-state index contributed by atoms with van der Waals surface area (Å²) in [5.74, 6) is 0.140. The summed E-state index contributed by atoms with van der Waals surface area (Å²) in [7, 11) is -7.24. The van der Waals surface area contributed by atoms with E-state index in [0.717, 1.165) is 18.4 Å². The summed E-state index contributed by atoms with van der Waals surface area (Å²) < 4.78 is 69.4. The van der Waals surface area contributed by atoms with Gasteiger partial charge in [0.05, 0.1) is 38.4 Å². The lowest BCUT2D eigenvalue weighted by atomic mass is 9.94. The van der Waals surface area contributed by atoms with Gasteiger partial charge >= 0.3 is 13.8 Å². The molecule has 13 heteroatoms. The maximum Gasteiger partial charge on any atom is 0.472 e. The highest BCUT2D eigenvalue weighted by Crippen LogP contribution is 2.43. The smallest absolute Gasteiger partial charge is 0.469 e. The van der Waals surface area contributed by atoms with E-state index in [9.17, 15) is 22.7 Å². The van der Waals surface area contributed by atoms with Crippen LogP contribution in [0.15, 0.2) is 29.2 Å². The third-order valence-electron chi connectivity index (χ3n) is 8.76. The molecule has 0 saturated carbocycles. The SMILES string of the molecule is CCCCCCCCCCC(CCCCCCCC)COCC(COP(=O)(O)OCCOS(=O)(=O)c1ccc(C)cc1)OCCCCC(=O)OC. The van der Waals surface area contributed by atoms with Crippen molar-refractivity contribution in [2.75, 3.05) is 46.8 Å². The topological polar surface area (TPSA) is 144 Å². The molecule has 0 bridgehead atoms. The van der Waals surface area contributed by atoms with Crippen LogP contribution in [-0.4, -0.2) is 72.1 Å². The lowest BCUT2D eigenvalue weighted by Crippen LogP contribution is -2.27. The van der Waals surface area contributed by atoms with E-state index in [1.54, 1.807) is 12.1 Å². The molecule has 51 heavy (non-hydrogen) atoms. The molecule has 0 aliphatic heterocycles. The molecule has 3 atom stereocenters. The van der Waals surface area contributed by atoms with E-state index < -0.39 is 37.3 Å². The van der Waals surface area contributed by atoms with Crippen LogP contribution >= 0.6 is 7.82 Å². The van der Waals surface area contributed by atoms with Crippen LogP contribution in [0.2, 0.25) is 0 Å². The van der Waals surface area contributed by atoms with Crippen molar-refractivity contribution in [3.05, 3.63) is 29.8 Å². The Morgan fingerprint density at radius 1 is 0.725 bits per heavy atom. The molecule has 1 N–H and O–H groups in total. The number of hydrogen-bond donors (Lipinski definition) is 1. The first-order valence-electron chi connectivity index (χ1n) is 19.4. The minimum Gasteiger partial charge on any atom is -0.469 e. The third-order valence-corrected chi connectivity index (χ3v) is 11.1. The van der Waals surface area contributed by atoms with Gasteiger partial charge in [-0.2, -0.15) is 8.42 Å². The van der Waals surface area contributed by atoms with Crippen LogP contribution in [0, 0.1) is 12.8 Å². The second kappa shape index (κ2) is 30.0. The Bertz CT molecular complexity index is 1150. The summed E-state index contributed by atoms with van der Waals surface area (Å²) in [5, 5.41) is 0. The molecule has 0 amide bonds.